The van der Waals surface area contributed by atoms with E-state index in [0.717, 1.165) is 24.3 Å². The highest BCUT2D eigenvalue weighted by molar-refractivity contribution is 5.92. The maximum absolute atomic E-state index is 11.9. The van der Waals surface area contributed by atoms with Crippen LogP contribution in [0, 0.1) is 0 Å². The predicted molar refractivity (Wildman–Crippen MR) is 76.1 cm³/mol. The predicted octanol–water partition coefficient (Wildman–Crippen LogP) is 0.704. The number of hydrogen-bond acceptors (Lipinski definition) is 4. The molecule has 0 aliphatic carbocycles. The molecule has 2 heterocycles. The monoisotopic (exact) mass is 276 g/mol. The molecule has 6 nitrogen and oxygen atoms in total. The van der Waals surface area contributed by atoms with Gasteiger partial charge in [0.25, 0.3) is 0 Å². The molecule has 1 aliphatic heterocycles. The van der Waals surface area contributed by atoms with Gasteiger partial charge in [-0.1, -0.05) is 6.92 Å². The third-order valence-corrected chi connectivity index (χ3v) is 3.23. The average Bonchev–Trinajstić information content (AvgIpc) is 2.43. The van der Waals surface area contributed by atoms with Gasteiger partial charge in [-0.25, -0.2) is 0 Å². The summed E-state index contributed by atoms with van der Waals surface area (Å²) in [7, 11) is 1.64. The Kier molecular flexibility index (Phi) is 4.55. The molecule has 1 aliphatic rings. The van der Waals surface area contributed by atoms with E-state index in [1.807, 2.05) is 12.1 Å². The highest BCUT2D eigenvalue weighted by Gasteiger charge is 2.27. The van der Waals surface area contributed by atoms with Crippen molar-refractivity contribution < 1.29 is 9.59 Å². The number of piperazine rings is 1. The molecular formula is C14H20N4O2. The molecule has 2 amide bonds. The van der Waals surface area contributed by atoms with Crippen LogP contribution in [0.4, 0.5) is 5.69 Å². The van der Waals surface area contributed by atoms with Gasteiger partial charge in [0.15, 0.2) is 0 Å². The van der Waals surface area contributed by atoms with Crippen LogP contribution in [0.25, 0.3) is 0 Å². The minimum atomic E-state index is -0.0409. The normalized spacial score (nSPS) is 15.7. The molecule has 0 spiro atoms. The summed E-state index contributed by atoms with van der Waals surface area (Å²) in [6.07, 6.45) is 2.76. The van der Waals surface area contributed by atoms with Crippen molar-refractivity contribution in [2.24, 2.45) is 0 Å². The molecule has 1 aromatic rings. The van der Waals surface area contributed by atoms with E-state index in [0.29, 0.717) is 6.54 Å². The minimum absolute atomic E-state index is 0.0372. The van der Waals surface area contributed by atoms with Crippen molar-refractivity contribution in [2.75, 3.05) is 32.0 Å². The fraction of sp³-hybridized carbons (Fsp3) is 0.500. The topological polar surface area (TPSA) is 65.5 Å². The molecule has 1 saturated heterocycles. The molecule has 0 aromatic carbocycles. The van der Waals surface area contributed by atoms with E-state index in [1.165, 1.54) is 4.90 Å². The SMILES string of the molecule is CCCNc1ccnc(CN2CC(=O)N(C)CC2=O)c1. The molecular weight excluding hydrogens is 256 g/mol. The van der Waals surface area contributed by atoms with E-state index in [-0.39, 0.29) is 24.9 Å². The lowest BCUT2D eigenvalue weighted by molar-refractivity contribution is -0.149. The van der Waals surface area contributed by atoms with Gasteiger partial charge in [-0.3, -0.25) is 14.6 Å². The molecule has 108 valence electrons. The van der Waals surface area contributed by atoms with Crippen LogP contribution >= 0.6 is 0 Å². The molecule has 1 N–H and O–H groups in total. The number of pyridine rings is 1. The Balaban J connectivity index is 2.02. The summed E-state index contributed by atoms with van der Waals surface area (Å²) in [5.74, 6) is -0.0781. The molecule has 0 saturated carbocycles. The number of rotatable bonds is 5. The van der Waals surface area contributed by atoms with E-state index in [1.54, 1.807) is 18.1 Å². The average molecular weight is 276 g/mol. The zero-order valence-corrected chi connectivity index (χ0v) is 11.9. The molecule has 0 atom stereocenters. The maximum atomic E-state index is 11.9. The smallest absolute Gasteiger partial charge is 0.243 e. The molecule has 20 heavy (non-hydrogen) atoms. The fourth-order valence-corrected chi connectivity index (χ4v) is 2.05. The Morgan fingerprint density at radius 2 is 2.10 bits per heavy atom. The van der Waals surface area contributed by atoms with Gasteiger partial charge in [0.1, 0.15) is 6.54 Å². The van der Waals surface area contributed by atoms with Crippen LogP contribution < -0.4 is 5.32 Å². The largest absolute Gasteiger partial charge is 0.385 e. The van der Waals surface area contributed by atoms with Crippen molar-refractivity contribution in [3.05, 3.63) is 24.0 Å². The second kappa shape index (κ2) is 6.36. The number of aromatic nitrogens is 1. The number of nitrogens with zero attached hydrogens (tertiary/aromatic N) is 3. The van der Waals surface area contributed by atoms with Crippen molar-refractivity contribution in [3.8, 4) is 0 Å². The van der Waals surface area contributed by atoms with E-state index >= 15 is 0 Å². The van der Waals surface area contributed by atoms with Crippen LogP contribution in [-0.2, 0) is 16.1 Å². The van der Waals surface area contributed by atoms with Gasteiger partial charge >= 0.3 is 0 Å². The van der Waals surface area contributed by atoms with Crippen molar-refractivity contribution >= 4 is 17.5 Å². The highest BCUT2D eigenvalue weighted by Crippen LogP contribution is 2.12. The standard InChI is InChI=1S/C14H20N4O2/c1-3-5-15-11-4-6-16-12(7-11)8-18-10-13(19)17(2)9-14(18)20/h4,6-7H,3,5,8-10H2,1-2H3,(H,15,16). The highest BCUT2D eigenvalue weighted by atomic mass is 16.2. The summed E-state index contributed by atoms with van der Waals surface area (Å²) in [6.45, 7) is 3.65. The first-order chi connectivity index (χ1) is 9.60. The van der Waals surface area contributed by atoms with Crippen molar-refractivity contribution in [3.63, 3.8) is 0 Å². The second-order valence-electron chi connectivity index (χ2n) is 4.96. The summed E-state index contributed by atoms with van der Waals surface area (Å²) in [6, 6.07) is 3.82. The number of carbonyl (C=O) groups excluding carboxylic acids is 2. The number of amides is 2. The summed E-state index contributed by atoms with van der Waals surface area (Å²) in [5, 5.41) is 3.28. The zero-order chi connectivity index (χ0) is 14.5. The number of nitrogens with one attached hydrogen (secondary N) is 1. The fourth-order valence-electron chi connectivity index (χ4n) is 2.05. The number of carbonyl (C=O) groups is 2. The lowest BCUT2D eigenvalue weighted by Crippen LogP contribution is -2.51. The number of hydrogen-bond donors (Lipinski definition) is 1. The first-order valence-electron chi connectivity index (χ1n) is 6.80. The third-order valence-electron chi connectivity index (χ3n) is 3.23. The van der Waals surface area contributed by atoms with Gasteiger partial charge in [0.2, 0.25) is 11.8 Å². The molecule has 6 heteroatoms. The van der Waals surface area contributed by atoms with Gasteiger partial charge in [0, 0.05) is 25.5 Å². The van der Waals surface area contributed by atoms with Gasteiger partial charge in [-0.05, 0) is 18.6 Å². The second-order valence-corrected chi connectivity index (χ2v) is 4.96. The third kappa shape index (κ3) is 3.46. The van der Waals surface area contributed by atoms with Crippen LogP contribution in [-0.4, -0.2) is 53.3 Å². The van der Waals surface area contributed by atoms with Crippen molar-refractivity contribution in [1.82, 2.24) is 14.8 Å². The number of likely N-dealkylation sites (N-methyl/N-ethyl adjacent to an activating group) is 1. The summed E-state index contributed by atoms with van der Waals surface area (Å²) in [4.78, 5) is 30.8. The van der Waals surface area contributed by atoms with Gasteiger partial charge in [-0.2, -0.15) is 0 Å². The Bertz CT molecular complexity index is 504. The zero-order valence-electron chi connectivity index (χ0n) is 11.9. The quantitative estimate of drug-likeness (QED) is 0.860. The van der Waals surface area contributed by atoms with E-state index < -0.39 is 0 Å². The van der Waals surface area contributed by atoms with E-state index in [9.17, 15) is 9.59 Å². The van der Waals surface area contributed by atoms with Crippen LogP contribution in [0.2, 0.25) is 0 Å². The number of anilines is 1. The van der Waals surface area contributed by atoms with Crippen molar-refractivity contribution in [1.29, 1.82) is 0 Å². The Hall–Kier alpha value is -2.11. The Morgan fingerprint density at radius 1 is 1.30 bits per heavy atom. The lowest BCUT2D eigenvalue weighted by atomic mass is 10.2. The van der Waals surface area contributed by atoms with E-state index in [2.05, 4.69) is 17.2 Å². The van der Waals surface area contributed by atoms with Gasteiger partial charge < -0.3 is 15.1 Å². The van der Waals surface area contributed by atoms with Crippen LogP contribution in [0.3, 0.4) is 0 Å². The van der Waals surface area contributed by atoms with E-state index in [4.69, 9.17) is 0 Å². The Labute approximate surface area is 118 Å². The van der Waals surface area contributed by atoms with Gasteiger partial charge in [-0.15, -0.1) is 0 Å². The first kappa shape index (κ1) is 14.3. The van der Waals surface area contributed by atoms with Crippen LogP contribution in [0.5, 0.6) is 0 Å². The summed E-state index contributed by atoms with van der Waals surface area (Å²) < 4.78 is 0. The molecule has 0 radical (unpaired) electrons. The molecule has 1 aromatic heterocycles. The minimum Gasteiger partial charge on any atom is -0.385 e. The molecule has 1 fully saturated rings. The molecule has 0 unspecified atom stereocenters. The van der Waals surface area contributed by atoms with Crippen LogP contribution in [0.15, 0.2) is 18.3 Å². The van der Waals surface area contributed by atoms with Crippen molar-refractivity contribution in [2.45, 2.75) is 19.9 Å². The summed E-state index contributed by atoms with van der Waals surface area (Å²) in [5.41, 5.74) is 1.78. The maximum Gasteiger partial charge on any atom is 0.243 e. The van der Waals surface area contributed by atoms with Crippen LogP contribution in [0.1, 0.15) is 19.0 Å². The molecule has 2 rings (SSSR count). The molecule has 0 bridgehead atoms. The van der Waals surface area contributed by atoms with Gasteiger partial charge in [0.05, 0.1) is 18.8 Å². The first-order valence-corrected chi connectivity index (χ1v) is 6.80. The lowest BCUT2D eigenvalue weighted by Gasteiger charge is -2.31. The Morgan fingerprint density at radius 3 is 2.85 bits per heavy atom. The summed E-state index contributed by atoms with van der Waals surface area (Å²) >= 11 is 0.